The molecule has 1 fully saturated rings. The first-order chi connectivity index (χ1) is 9.22. The van der Waals surface area contributed by atoms with Gasteiger partial charge in [-0.25, -0.2) is 0 Å². The molecule has 2 heterocycles. The van der Waals surface area contributed by atoms with Crippen LogP contribution in [0.25, 0.3) is 11.0 Å². The molecule has 0 radical (unpaired) electrons. The van der Waals surface area contributed by atoms with E-state index in [4.69, 9.17) is 4.74 Å². The molecule has 7 heteroatoms. The lowest BCUT2D eigenvalue weighted by atomic mass is 10.2. The smallest absolute Gasteiger partial charge is 0.294 e. The molecule has 1 atom stereocenters. The summed E-state index contributed by atoms with van der Waals surface area (Å²) in [6.07, 6.45) is 2.27. The summed E-state index contributed by atoms with van der Waals surface area (Å²) in [5.74, 6) is 0. The maximum absolute atomic E-state index is 10.7. The van der Waals surface area contributed by atoms with E-state index >= 15 is 0 Å². The van der Waals surface area contributed by atoms with E-state index in [1.54, 1.807) is 6.07 Å². The third-order valence-corrected chi connectivity index (χ3v) is 3.24. The lowest BCUT2D eigenvalue weighted by Crippen LogP contribution is -2.28. The Morgan fingerprint density at radius 2 is 2.42 bits per heavy atom. The van der Waals surface area contributed by atoms with Gasteiger partial charge in [-0.1, -0.05) is 0 Å². The minimum absolute atomic E-state index is 0.0418. The Bertz CT molecular complexity index is 604. The number of nitrogens with zero attached hydrogens (tertiary/aromatic N) is 2. The zero-order valence-electron chi connectivity index (χ0n) is 10.3. The van der Waals surface area contributed by atoms with Gasteiger partial charge in [0.2, 0.25) is 0 Å². The van der Waals surface area contributed by atoms with Crippen LogP contribution in [0.1, 0.15) is 12.8 Å². The second-order valence-corrected chi connectivity index (χ2v) is 4.60. The van der Waals surface area contributed by atoms with Gasteiger partial charge in [-0.2, -0.15) is 4.98 Å². The standard InChI is InChI=1S/C12H14N4O3/c17-16(18)9-3-4-10-11(6-9)15-12(14-10)19-7-8-2-1-5-13-8/h3-4,6,8,13H,1-2,5,7H2,(H,14,15). The summed E-state index contributed by atoms with van der Waals surface area (Å²) in [5.41, 5.74) is 1.32. The summed E-state index contributed by atoms with van der Waals surface area (Å²) in [7, 11) is 0. The molecule has 1 aromatic heterocycles. The maximum Gasteiger partial charge on any atom is 0.294 e. The lowest BCUT2D eigenvalue weighted by molar-refractivity contribution is -0.384. The minimum Gasteiger partial charge on any atom is -0.463 e. The number of nitro benzene ring substituents is 1. The van der Waals surface area contributed by atoms with Crippen molar-refractivity contribution in [1.82, 2.24) is 15.3 Å². The zero-order valence-corrected chi connectivity index (χ0v) is 10.3. The van der Waals surface area contributed by atoms with Crippen molar-refractivity contribution in [2.75, 3.05) is 13.2 Å². The van der Waals surface area contributed by atoms with Crippen molar-refractivity contribution in [1.29, 1.82) is 0 Å². The molecule has 100 valence electrons. The van der Waals surface area contributed by atoms with Crippen LogP contribution < -0.4 is 10.1 Å². The Balaban J connectivity index is 1.75. The summed E-state index contributed by atoms with van der Waals surface area (Å²) in [6.45, 7) is 1.59. The average Bonchev–Trinajstić information content (AvgIpc) is 3.04. The molecule has 0 amide bonds. The van der Waals surface area contributed by atoms with Gasteiger partial charge in [0.25, 0.3) is 11.7 Å². The SMILES string of the molecule is O=[N+]([O-])c1ccc2nc(OCC3CCCN3)[nH]c2c1. The average molecular weight is 262 g/mol. The molecule has 0 spiro atoms. The summed E-state index contributed by atoms with van der Waals surface area (Å²) in [4.78, 5) is 17.5. The Hall–Kier alpha value is -2.15. The highest BCUT2D eigenvalue weighted by atomic mass is 16.6. The van der Waals surface area contributed by atoms with Crippen LogP contribution in [0.3, 0.4) is 0 Å². The Morgan fingerprint density at radius 3 is 3.16 bits per heavy atom. The van der Waals surface area contributed by atoms with Crippen LogP contribution in [0.4, 0.5) is 5.69 Å². The number of ether oxygens (including phenoxy) is 1. The van der Waals surface area contributed by atoms with E-state index in [0.29, 0.717) is 29.7 Å². The van der Waals surface area contributed by atoms with Gasteiger partial charge in [-0.05, 0) is 25.5 Å². The molecule has 2 N–H and O–H groups in total. The van der Waals surface area contributed by atoms with Gasteiger partial charge in [0.15, 0.2) is 0 Å². The van der Waals surface area contributed by atoms with Crippen molar-refractivity contribution in [2.24, 2.45) is 0 Å². The summed E-state index contributed by atoms with van der Waals surface area (Å²) >= 11 is 0. The number of imidazole rings is 1. The van der Waals surface area contributed by atoms with Crippen LogP contribution in [0.2, 0.25) is 0 Å². The van der Waals surface area contributed by atoms with Crippen molar-refractivity contribution in [3.63, 3.8) is 0 Å². The van der Waals surface area contributed by atoms with Gasteiger partial charge < -0.3 is 15.0 Å². The lowest BCUT2D eigenvalue weighted by Gasteiger charge is -2.09. The number of aromatic nitrogens is 2. The molecule has 1 aliphatic rings. The third kappa shape index (κ3) is 2.50. The normalized spacial score (nSPS) is 18.8. The highest BCUT2D eigenvalue weighted by Crippen LogP contribution is 2.21. The van der Waals surface area contributed by atoms with E-state index in [1.165, 1.54) is 18.6 Å². The van der Waals surface area contributed by atoms with Gasteiger partial charge in [0.1, 0.15) is 6.61 Å². The van der Waals surface area contributed by atoms with Gasteiger partial charge in [-0.15, -0.1) is 0 Å². The Kier molecular flexibility index (Phi) is 3.04. The number of rotatable bonds is 4. The number of H-pyrrole nitrogens is 1. The molecule has 1 aromatic carbocycles. The van der Waals surface area contributed by atoms with Crippen LogP contribution in [0.5, 0.6) is 6.01 Å². The predicted molar refractivity (Wildman–Crippen MR) is 69.3 cm³/mol. The first-order valence-electron chi connectivity index (χ1n) is 6.23. The molecule has 19 heavy (non-hydrogen) atoms. The van der Waals surface area contributed by atoms with E-state index < -0.39 is 4.92 Å². The molecule has 0 bridgehead atoms. The predicted octanol–water partition coefficient (Wildman–Crippen LogP) is 1.60. The van der Waals surface area contributed by atoms with Gasteiger partial charge in [0.05, 0.1) is 16.0 Å². The van der Waals surface area contributed by atoms with Crippen molar-refractivity contribution in [3.8, 4) is 6.01 Å². The number of non-ortho nitro benzene ring substituents is 1. The molecule has 1 aliphatic heterocycles. The van der Waals surface area contributed by atoms with Crippen molar-refractivity contribution < 1.29 is 9.66 Å². The first kappa shape index (κ1) is 11.9. The Morgan fingerprint density at radius 1 is 1.53 bits per heavy atom. The number of hydrogen-bond donors (Lipinski definition) is 2. The molecular weight excluding hydrogens is 248 g/mol. The highest BCUT2D eigenvalue weighted by Gasteiger charge is 2.16. The minimum atomic E-state index is -0.427. The molecule has 7 nitrogen and oxygen atoms in total. The molecule has 0 saturated carbocycles. The topological polar surface area (TPSA) is 93.1 Å². The van der Waals surface area contributed by atoms with Gasteiger partial charge >= 0.3 is 0 Å². The van der Waals surface area contributed by atoms with Crippen LogP contribution in [-0.2, 0) is 0 Å². The van der Waals surface area contributed by atoms with Crippen molar-refractivity contribution in [2.45, 2.75) is 18.9 Å². The van der Waals surface area contributed by atoms with E-state index in [9.17, 15) is 10.1 Å². The van der Waals surface area contributed by atoms with E-state index in [2.05, 4.69) is 15.3 Å². The zero-order chi connectivity index (χ0) is 13.2. The number of fused-ring (bicyclic) bond motifs is 1. The number of nitrogens with one attached hydrogen (secondary N) is 2. The largest absolute Gasteiger partial charge is 0.463 e. The van der Waals surface area contributed by atoms with E-state index in [0.717, 1.165) is 13.0 Å². The van der Waals surface area contributed by atoms with E-state index in [1.807, 2.05) is 0 Å². The molecular formula is C12H14N4O3. The first-order valence-corrected chi connectivity index (χ1v) is 6.23. The van der Waals surface area contributed by atoms with Gasteiger partial charge in [0, 0.05) is 18.2 Å². The molecule has 3 rings (SSSR count). The van der Waals surface area contributed by atoms with Crippen LogP contribution in [-0.4, -0.2) is 34.1 Å². The highest BCUT2D eigenvalue weighted by molar-refractivity contribution is 5.78. The summed E-state index contributed by atoms with van der Waals surface area (Å²) < 4.78 is 5.58. The Labute approximate surface area is 109 Å². The number of benzene rings is 1. The van der Waals surface area contributed by atoms with Crippen LogP contribution in [0, 0.1) is 10.1 Å². The monoisotopic (exact) mass is 262 g/mol. The molecule has 1 unspecified atom stereocenters. The van der Waals surface area contributed by atoms with Crippen molar-refractivity contribution >= 4 is 16.7 Å². The van der Waals surface area contributed by atoms with Crippen molar-refractivity contribution in [3.05, 3.63) is 28.3 Å². The summed E-state index contributed by atoms with van der Waals surface area (Å²) in [6, 6.07) is 5.28. The second-order valence-electron chi connectivity index (χ2n) is 4.60. The maximum atomic E-state index is 10.7. The second kappa shape index (κ2) is 4.85. The van der Waals surface area contributed by atoms with Crippen LogP contribution in [0.15, 0.2) is 18.2 Å². The third-order valence-electron chi connectivity index (χ3n) is 3.24. The molecule has 2 aromatic rings. The summed E-state index contributed by atoms with van der Waals surface area (Å²) in [5, 5.41) is 14.0. The quantitative estimate of drug-likeness (QED) is 0.645. The van der Waals surface area contributed by atoms with E-state index in [-0.39, 0.29) is 5.69 Å². The number of hydrogen-bond acceptors (Lipinski definition) is 5. The fourth-order valence-corrected chi connectivity index (χ4v) is 2.23. The van der Waals surface area contributed by atoms with Crippen LogP contribution >= 0.6 is 0 Å². The number of nitro groups is 1. The molecule has 1 saturated heterocycles. The van der Waals surface area contributed by atoms with Gasteiger partial charge in [-0.3, -0.25) is 10.1 Å². The molecule has 0 aliphatic carbocycles. The fourth-order valence-electron chi connectivity index (χ4n) is 2.23. The number of aromatic amines is 1. The fraction of sp³-hybridized carbons (Fsp3) is 0.417.